The van der Waals surface area contributed by atoms with Gasteiger partial charge >= 0.3 is 0 Å². The zero-order valence-corrected chi connectivity index (χ0v) is 6.10. The number of rotatable bonds is 1. The molecule has 0 aliphatic heterocycles. The maximum atomic E-state index is 8.92. The van der Waals surface area contributed by atoms with Gasteiger partial charge in [0.1, 0.15) is 5.69 Å². The van der Waals surface area contributed by atoms with Crippen LogP contribution in [0.25, 0.3) is 11.5 Å². The monoisotopic (exact) mass is 162 g/mol. The third-order valence-corrected chi connectivity index (χ3v) is 1.37. The van der Waals surface area contributed by atoms with Crippen LogP contribution in [0.4, 0.5) is 0 Å². The van der Waals surface area contributed by atoms with Crippen LogP contribution in [0.15, 0.2) is 24.5 Å². The Hall–Kier alpha value is -1.91. The normalized spacial score (nSPS) is 10.0. The van der Waals surface area contributed by atoms with E-state index >= 15 is 0 Å². The van der Waals surface area contributed by atoms with Crippen molar-refractivity contribution in [2.45, 2.75) is 0 Å². The molecule has 2 aromatic rings. The highest BCUT2D eigenvalue weighted by atomic mass is 16.3. The lowest BCUT2D eigenvalue weighted by Gasteiger charge is -1.90. The van der Waals surface area contributed by atoms with Gasteiger partial charge in [-0.3, -0.25) is 5.10 Å². The molecule has 0 saturated carbocycles. The highest BCUT2D eigenvalue weighted by molar-refractivity contribution is 5.49. The van der Waals surface area contributed by atoms with Crippen molar-refractivity contribution >= 4 is 0 Å². The third-order valence-electron chi connectivity index (χ3n) is 1.37. The summed E-state index contributed by atoms with van der Waals surface area (Å²) in [6.07, 6.45) is 3.25. The van der Waals surface area contributed by atoms with Gasteiger partial charge in [-0.25, -0.2) is 9.97 Å². The van der Waals surface area contributed by atoms with Crippen LogP contribution >= 0.6 is 0 Å². The van der Waals surface area contributed by atoms with Crippen LogP contribution in [-0.2, 0) is 0 Å². The minimum absolute atomic E-state index is 0.0579. The highest BCUT2D eigenvalue weighted by Crippen LogP contribution is 2.14. The van der Waals surface area contributed by atoms with E-state index in [2.05, 4.69) is 20.2 Å². The summed E-state index contributed by atoms with van der Waals surface area (Å²) in [5.41, 5.74) is 0.605. The molecule has 0 radical (unpaired) electrons. The number of nitrogens with zero attached hydrogens (tertiary/aromatic N) is 3. The average Bonchev–Trinajstić information content (AvgIpc) is 2.54. The van der Waals surface area contributed by atoms with E-state index in [1.165, 1.54) is 6.07 Å². The fourth-order valence-corrected chi connectivity index (χ4v) is 0.864. The van der Waals surface area contributed by atoms with Crippen molar-refractivity contribution in [1.29, 1.82) is 0 Å². The number of aromatic hydroxyl groups is 1. The Morgan fingerprint density at radius 3 is 2.58 bits per heavy atom. The van der Waals surface area contributed by atoms with Crippen molar-refractivity contribution < 1.29 is 5.11 Å². The molecule has 0 unspecified atom stereocenters. The van der Waals surface area contributed by atoms with E-state index in [0.717, 1.165) is 0 Å². The van der Waals surface area contributed by atoms with Crippen LogP contribution in [-0.4, -0.2) is 25.3 Å². The first-order valence-corrected chi connectivity index (χ1v) is 3.38. The maximum absolute atomic E-state index is 8.92. The summed E-state index contributed by atoms with van der Waals surface area (Å²) in [6, 6.07) is 3.19. The number of hydrogen-bond donors (Lipinski definition) is 2. The van der Waals surface area contributed by atoms with E-state index < -0.39 is 0 Å². The second kappa shape index (κ2) is 2.61. The van der Waals surface area contributed by atoms with E-state index in [-0.39, 0.29) is 5.88 Å². The average molecular weight is 162 g/mol. The van der Waals surface area contributed by atoms with Crippen molar-refractivity contribution in [1.82, 2.24) is 20.2 Å². The molecule has 0 bridgehead atoms. The van der Waals surface area contributed by atoms with Gasteiger partial charge in [0.05, 0.1) is 0 Å². The molecule has 0 atom stereocenters. The molecule has 2 N–H and O–H groups in total. The molecule has 0 aliphatic rings. The molecule has 5 heteroatoms. The van der Waals surface area contributed by atoms with Crippen LogP contribution in [0.5, 0.6) is 5.88 Å². The lowest BCUT2D eigenvalue weighted by Crippen LogP contribution is -1.85. The topological polar surface area (TPSA) is 74.7 Å². The number of nitrogens with one attached hydrogen (secondary N) is 1. The van der Waals surface area contributed by atoms with Crippen LogP contribution in [0.2, 0.25) is 0 Å². The largest absolute Gasteiger partial charge is 0.492 e. The summed E-state index contributed by atoms with van der Waals surface area (Å²) in [6.45, 7) is 0. The number of aromatic nitrogens is 4. The minimum atomic E-state index is -0.0579. The van der Waals surface area contributed by atoms with E-state index in [4.69, 9.17) is 5.11 Å². The summed E-state index contributed by atoms with van der Waals surface area (Å²) < 4.78 is 0. The van der Waals surface area contributed by atoms with E-state index in [1.54, 1.807) is 18.5 Å². The van der Waals surface area contributed by atoms with Gasteiger partial charge < -0.3 is 5.11 Å². The first-order valence-electron chi connectivity index (χ1n) is 3.38. The van der Waals surface area contributed by atoms with Gasteiger partial charge in [0.2, 0.25) is 5.88 Å². The second-order valence-electron chi connectivity index (χ2n) is 2.21. The molecule has 5 nitrogen and oxygen atoms in total. The summed E-state index contributed by atoms with van der Waals surface area (Å²) in [7, 11) is 0. The number of H-pyrrole nitrogens is 1. The van der Waals surface area contributed by atoms with Crippen LogP contribution in [0.1, 0.15) is 0 Å². The first-order chi connectivity index (χ1) is 5.86. The molecule has 12 heavy (non-hydrogen) atoms. The lowest BCUT2D eigenvalue weighted by atomic mass is 10.4. The third kappa shape index (κ3) is 1.12. The Balaban J connectivity index is 2.45. The van der Waals surface area contributed by atoms with Gasteiger partial charge in [-0.15, -0.1) is 5.10 Å². The fraction of sp³-hybridized carbons (Fsp3) is 0. The first kappa shape index (κ1) is 6.78. The molecule has 0 aromatic carbocycles. The predicted octanol–water partition coefficient (Wildman–Crippen LogP) is 0.572. The van der Waals surface area contributed by atoms with Crippen LogP contribution < -0.4 is 0 Å². The molecule has 0 fully saturated rings. The van der Waals surface area contributed by atoms with Crippen molar-refractivity contribution in [3.8, 4) is 17.4 Å². The molecule has 0 amide bonds. The van der Waals surface area contributed by atoms with Gasteiger partial charge in [-0.1, -0.05) is 0 Å². The van der Waals surface area contributed by atoms with Gasteiger partial charge in [0, 0.05) is 18.5 Å². The summed E-state index contributed by atoms with van der Waals surface area (Å²) >= 11 is 0. The molecular weight excluding hydrogens is 156 g/mol. The highest BCUT2D eigenvalue weighted by Gasteiger charge is 2.02. The van der Waals surface area contributed by atoms with Crippen LogP contribution in [0.3, 0.4) is 0 Å². The Labute approximate surface area is 68.1 Å². The summed E-state index contributed by atoms with van der Waals surface area (Å²) in [5.74, 6) is 0.461. The fourth-order valence-electron chi connectivity index (χ4n) is 0.864. The van der Waals surface area contributed by atoms with Gasteiger partial charge in [-0.2, -0.15) is 0 Å². The van der Waals surface area contributed by atoms with E-state index in [1.807, 2.05) is 0 Å². The van der Waals surface area contributed by atoms with Crippen molar-refractivity contribution in [2.24, 2.45) is 0 Å². The van der Waals surface area contributed by atoms with Gasteiger partial charge in [0.25, 0.3) is 0 Å². The Bertz CT molecular complexity index is 370. The quantitative estimate of drug-likeness (QED) is 0.642. The minimum Gasteiger partial charge on any atom is -0.492 e. The molecule has 0 aliphatic carbocycles. The second-order valence-corrected chi connectivity index (χ2v) is 2.21. The van der Waals surface area contributed by atoms with Gasteiger partial charge in [-0.05, 0) is 6.07 Å². The molecule has 2 aromatic heterocycles. The number of hydrogen-bond acceptors (Lipinski definition) is 4. The van der Waals surface area contributed by atoms with Gasteiger partial charge in [0.15, 0.2) is 5.82 Å². The zero-order chi connectivity index (χ0) is 8.39. The standard InChI is InChI=1S/C7H6N4O/c12-6-4-5(10-11-6)7-8-2-1-3-9-7/h1-4H,(H2,10,11,12). The molecule has 0 saturated heterocycles. The van der Waals surface area contributed by atoms with E-state index in [9.17, 15) is 0 Å². The SMILES string of the molecule is Oc1cc(-c2ncccn2)[nH]n1. The molecule has 0 spiro atoms. The molecule has 2 rings (SSSR count). The predicted molar refractivity (Wildman–Crippen MR) is 41.3 cm³/mol. The van der Waals surface area contributed by atoms with E-state index in [0.29, 0.717) is 11.5 Å². The van der Waals surface area contributed by atoms with Crippen molar-refractivity contribution in [3.05, 3.63) is 24.5 Å². The molecule has 2 heterocycles. The smallest absolute Gasteiger partial charge is 0.230 e. The lowest BCUT2D eigenvalue weighted by molar-refractivity contribution is 0.452. The maximum Gasteiger partial charge on any atom is 0.230 e. The summed E-state index contributed by atoms with van der Waals surface area (Å²) in [5, 5.41) is 15.1. The molecule has 60 valence electrons. The van der Waals surface area contributed by atoms with Crippen molar-refractivity contribution in [3.63, 3.8) is 0 Å². The number of aromatic amines is 1. The summed E-state index contributed by atoms with van der Waals surface area (Å²) in [4.78, 5) is 7.94. The zero-order valence-electron chi connectivity index (χ0n) is 6.10. The van der Waals surface area contributed by atoms with Crippen LogP contribution in [0, 0.1) is 0 Å². The molecular formula is C7H6N4O. The Morgan fingerprint density at radius 2 is 2.00 bits per heavy atom. The van der Waals surface area contributed by atoms with Crippen molar-refractivity contribution in [2.75, 3.05) is 0 Å². The Kier molecular flexibility index (Phi) is 1.48. The Morgan fingerprint density at radius 1 is 1.25 bits per heavy atom.